The van der Waals surface area contributed by atoms with E-state index < -0.39 is 5.97 Å². The fourth-order valence-corrected chi connectivity index (χ4v) is 2.26. The van der Waals surface area contributed by atoms with Gasteiger partial charge in [0.2, 0.25) is 0 Å². The predicted molar refractivity (Wildman–Crippen MR) is 86.9 cm³/mol. The zero-order valence-corrected chi connectivity index (χ0v) is 14.2. The maximum absolute atomic E-state index is 12.2. The Bertz CT molecular complexity index is 523. The van der Waals surface area contributed by atoms with E-state index in [-0.39, 0.29) is 18.5 Å². The number of carbonyl (C=O) groups is 2. The largest absolute Gasteiger partial charge is 0.481 e. The minimum Gasteiger partial charge on any atom is -0.481 e. The van der Waals surface area contributed by atoms with Crippen LogP contribution in [0.25, 0.3) is 0 Å². The molecule has 0 spiro atoms. The molecule has 0 aliphatic rings. The third-order valence-corrected chi connectivity index (χ3v) is 4.06. The molecule has 2 amide bonds. The minimum atomic E-state index is -0.860. The highest BCUT2D eigenvalue weighted by atomic mass is 79.9. The summed E-state index contributed by atoms with van der Waals surface area (Å²) in [6.07, 6.45) is 0.467. The molecule has 5 nitrogen and oxygen atoms in total. The number of carboxylic acid groups (broad SMARTS) is 1. The number of rotatable bonds is 6. The molecule has 21 heavy (non-hydrogen) atoms. The molecule has 0 unspecified atom stereocenters. The monoisotopic (exact) mass is 376 g/mol. The van der Waals surface area contributed by atoms with Gasteiger partial charge in [0.25, 0.3) is 0 Å². The number of benzene rings is 1. The van der Waals surface area contributed by atoms with Crippen molar-refractivity contribution in [3.63, 3.8) is 0 Å². The molecule has 0 saturated carbocycles. The molecule has 0 heterocycles. The lowest BCUT2D eigenvalue weighted by molar-refractivity contribution is -0.137. The number of aliphatic carboxylic acids is 1. The second kappa shape index (κ2) is 8.24. The third-order valence-electron chi connectivity index (χ3n) is 2.84. The lowest BCUT2D eigenvalue weighted by Crippen LogP contribution is -2.40. The number of carboxylic acids is 1. The van der Waals surface area contributed by atoms with Crippen LogP contribution in [-0.4, -0.2) is 34.6 Å². The molecule has 1 aromatic rings. The van der Waals surface area contributed by atoms with E-state index in [9.17, 15) is 9.59 Å². The van der Waals surface area contributed by atoms with E-state index in [1.54, 1.807) is 23.1 Å². The van der Waals surface area contributed by atoms with Crippen molar-refractivity contribution in [3.05, 3.63) is 27.7 Å². The van der Waals surface area contributed by atoms with Crippen LogP contribution < -0.4 is 5.32 Å². The standard InChI is InChI=1S/C14H18BrClN2O3/c1-9(2)18(7-3-4-13(19)20)14(21)17-10-5-6-12(16)11(15)8-10/h5-6,8-9H,3-4,7H2,1-2H3,(H,17,21)(H,19,20). The van der Waals surface area contributed by atoms with Gasteiger partial charge in [0, 0.05) is 29.2 Å². The molecule has 0 atom stereocenters. The molecule has 0 radical (unpaired) electrons. The van der Waals surface area contributed by atoms with Gasteiger partial charge in [-0.1, -0.05) is 11.6 Å². The number of urea groups is 1. The maximum atomic E-state index is 12.2. The van der Waals surface area contributed by atoms with Gasteiger partial charge in [0.1, 0.15) is 0 Å². The van der Waals surface area contributed by atoms with Crippen LogP contribution in [0, 0.1) is 0 Å². The number of amides is 2. The normalized spacial score (nSPS) is 10.5. The molecular weight excluding hydrogens is 360 g/mol. The van der Waals surface area contributed by atoms with Crippen molar-refractivity contribution in [2.75, 3.05) is 11.9 Å². The summed E-state index contributed by atoms with van der Waals surface area (Å²) < 4.78 is 0.698. The number of carbonyl (C=O) groups excluding carboxylic acids is 1. The van der Waals surface area contributed by atoms with Crippen molar-refractivity contribution < 1.29 is 14.7 Å². The summed E-state index contributed by atoms with van der Waals surface area (Å²) in [6.45, 7) is 4.17. The van der Waals surface area contributed by atoms with Crippen LogP contribution in [0.4, 0.5) is 10.5 Å². The van der Waals surface area contributed by atoms with Crippen LogP contribution in [0.3, 0.4) is 0 Å². The topological polar surface area (TPSA) is 69.6 Å². The van der Waals surface area contributed by atoms with Gasteiger partial charge in [-0.05, 0) is 54.4 Å². The maximum Gasteiger partial charge on any atom is 0.322 e. The Labute approximate surface area is 137 Å². The number of hydrogen-bond acceptors (Lipinski definition) is 2. The molecule has 0 aliphatic heterocycles. The van der Waals surface area contributed by atoms with Crippen molar-refractivity contribution in [2.24, 2.45) is 0 Å². The molecule has 0 bridgehead atoms. The van der Waals surface area contributed by atoms with Gasteiger partial charge >= 0.3 is 12.0 Å². The molecule has 1 rings (SSSR count). The molecule has 116 valence electrons. The van der Waals surface area contributed by atoms with Crippen molar-refractivity contribution >= 4 is 45.2 Å². The van der Waals surface area contributed by atoms with E-state index in [0.29, 0.717) is 28.1 Å². The minimum absolute atomic E-state index is 0.0189. The number of nitrogens with zero attached hydrogens (tertiary/aromatic N) is 1. The smallest absolute Gasteiger partial charge is 0.322 e. The molecule has 0 fully saturated rings. The van der Waals surface area contributed by atoms with E-state index in [4.69, 9.17) is 16.7 Å². The van der Waals surface area contributed by atoms with Gasteiger partial charge in [0.05, 0.1) is 5.02 Å². The Balaban J connectivity index is 2.67. The summed E-state index contributed by atoms with van der Waals surface area (Å²) in [7, 11) is 0. The molecule has 0 aromatic heterocycles. The summed E-state index contributed by atoms with van der Waals surface area (Å²) in [4.78, 5) is 24.4. The van der Waals surface area contributed by atoms with E-state index in [0.717, 1.165) is 0 Å². The SMILES string of the molecule is CC(C)N(CCCC(=O)O)C(=O)Nc1ccc(Cl)c(Br)c1. The molecule has 1 aromatic carbocycles. The highest BCUT2D eigenvalue weighted by Crippen LogP contribution is 2.25. The Morgan fingerprint density at radius 3 is 2.62 bits per heavy atom. The van der Waals surface area contributed by atoms with Crippen molar-refractivity contribution in [3.8, 4) is 0 Å². The second-order valence-corrected chi connectivity index (χ2v) is 6.11. The Morgan fingerprint density at radius 2 is 2.10 bits per heavy atom. The molecule has 2 N–H and O–H groups in total. The van der Waals surface area contributed by atoms with Crippen LogP contribution in [0.2, 0.25) is 5.02 Å². The van der Waals surface area contributed by atoms with E-state index in [1.807, 2.05) is 13.8 Å². The summed E-state index contributed by atoms with van der Waals surface area (Å²) in [5, 5.41) is 12.0. The number of halogens is 2. The van der Waals surface area contributed by atoms with Gasteiger partial charge < -0.3 is 15.3 Å². The van der Waals surface area contributed by atoms with Gasteiger partial charge in [-0.2, -0.15) is 0 Å². The summed E-state index contributed by atoms with van der Waals surface area (Å²) >= 11 is 9.20. The average molecular weight is 378 g/mol. The van der Waals surface area contributed by atoms with Gasteiger partial charge in [-0.25, -0.2) is 4.79 Å². The Morgan fingerprint density at radius 1 is 1.43 bits per heavy atom. The Hall–Kier alpha value is -1.27. The first-order valence-corrected chi connectivity index (χ1v) is 7.73. The van der Waals surface area contributed by atoms with Crippen LogP contribution in [0.1, 0.15) is 26.7 Å². The first kappa shape index (κ1) is 17.8. The predicted octanol–water partition coefficient (Wildman–Crippen LogP) is 4.21. The highest BCUT2D eigenvalue weighted by Gasteiger charge is 2.17. The first-order chi connectivity index (χ1) is 9.81. The molecule has 0 saturated heterocycles. The number of hydrogen-bond donors (Lipinski definition) is 2. The molecule has 0 aliphatic carbocycles. The van der Waals surface area contributed by atoms with E-state index >= 15 is 0 Å². The van der Waals surface area contributed by atoms with Crippen molar-refractivity contribution in [1.29, 1.82) is 0 Å². The van der Waals surface area contributed by atoms with Crippen molar-refractivity contribution in [1.82, 2.24) is 4.90 Å². The summed E-state index contributed by atoms with van der Waals surface area (Å²) in [5.41, 5.74) is 0.625. The summed E-state index contributed by atoms with van der Waals surface area (Å²) in [5.74, 6) is -0.860. The lowest BCUT2D eigenvalue weighted by atomic mass is 10.2. The van der Waals surface area contributed by atoms with Gasteiger partial charge in [0.15, 0.2) is 0 Å². The molecule has 7 heteroatoms. The van der Waals surface area contributed by atoms with Crippen molar-refractivity contribution in [2.45, 2.75) is 32.7 Å². The van der Waals surface area contributed by atoms with Crippen LogP contribution in [-0.2, 0) is 4.79 Å². The van der Waals surface area contributed by atoms with Gasteiger partial charge in [-0.15, -0.1) is 0 Å². The van der Waals surface area contributed by atoms with E-state index in [2.05, 4.69) is 21.2 Å². The van der Waals surface area contributed by atoms with E-state index in [1.165, 1.54) is 0 Å². The van der Waals surface area contributed by atoms with Gasteiger partial charge in [-0.3, -0.25) is 4.79 Å². The number of nitrogens with one attached hydrogen (secondary N) is 1. The first-order valence-electron chi connectivity index (χ1n) is 6.55. The average Bonchev–Trinajstić information content (AvgIpc) is 2.38. The fraction of sp³-hybridized carbons (Fsp3) is 0.429. The third kappa shape index (κ3) is 5.93. The quantitative estimate of drug-likeness (QED) is 0.780. The van der Waals surface area contributed by atoms with Crippen LogP contribution >= 0.6 is 27.5 Å². The highest BCUT2D eigenvalue weighted by molar-refractivity contribution is 9.10. The zero-order valence-electron chi connectivity index (χ0n) is 11.9. The molecular formula is C14H18BrClN2O3. The zero-order chi connectivity index (χ0) is 16.0. The second-order valence-electron chi connectivity index (χ2n) is 4.84. The fourth-order valence-electron chi connectivity index (χ4n) is 1.76. The Kier molecular flexibility index (Phi) is 6.98. The van der Waals surface area contributed by atoms with Crippen LogP contribution in [0.15, 0.2) is 22.7 Å². The number of anilines is 1. The summed E-state index contributed by atoms with van der Waals surface area (Å²) in [6, 6.07) is 4.83. The lowest BCUT2D eigenvalue weighted by Gasteiger charge is -2.26. The van der Waals surface area contributed by atoms with Crippen LogP contribution in [0.5, 0.6) is 0 Å².